The first-order valence-corrected chi connectivity index (χ1v) is 11.2. The zero-order valence-electron chi connectivity index (χ0n) is 17.9. The fourth-order valence-electron chi connectivity index (χ4n) is 3.81. The summed E-state index contributed by atoms with van der Waals surface area (Å²) in [5.41, 5.74) is -0.0989. The number of hydrogen-bond donors (Lipinski definition) is 2. The molecule has 28 heavy (non-hydrogen) atoms. The maximum Gasteiger partial charge on any atom is 0.232 e. The molecule has 0 bridgehead atoms. The molecule has 1 aromatic rings. The van der Waals surface area contributed by atoms with Crippen molar-refractivity contribution in [1.29, 1.82) is 0 Å². The van der Waals surface area contributed by atoms with Crippen molar-refractivity contribution in [2.45, 2.75) is 71.8 Å². The number of anilines is 3. The van der Waals surface area contributed by atoms with Crippen LogP contribution in [0.1, 0.15) is 66.2 Å². The van der Waals surface area contributed by atoms with Crippen molar-refractivity contribution in [3.05, 3.63) is 6.07 Å². The molecule has 0 saturated carbocycles. The Labute approximate surface area is 175 Å². The number of thiocarbonyl (C=S) groups is 1. The molecule has 0 aliphatic carbocycles. The van der Waals surface area contributed by atoms with Gasteiger partial charge < -0.3 is 20.4 Å². The van der Waals surface area contributed by atoms with E-state index in [0.717, 1.165) is 43.7 Å². The molecule has 3 heterocycles. The van der Waals surface area contributed by atoms with Gasteiger partial charge >= 0.3 is 0 Å². The molecule has 2 N–H and O–H groups in total. The monoisotopic (exact) mass is 404 g/mol. The Kier molecular flexibility index (Phi) is 6.96. The SMILES string of the molecule is CC1CCN(c2cc(N3CCCCCC3)nc(NC(=S)NC(C)(C)C)n2)CC1. The van der Waals surface area contributed by atoms with Crippen LogP contribution in [0.3, 0.4) is 0 Å². The van der Waals surface area contributed by atoms with E-state index in [1.165, 1.54) is 38.5 Å². The molecule has 2 aliphatic rings. The van der Waals surface area contributed by atoms with Gasteiger partial charge in [0.25, 0.3) is 0 Å². The fourth-order valence-corrected chi connectivity index (χ4v) is 4.21. The fraction of sp³-hybridized carbons (Fsp3) is 0.762. The zero-order chi connectivity index (χ0) is 20.1. The lowest BCUT2D eigenvalue weighted by Crippen LogP contribution is -2.43. The third kappa shape index (κ3) is 6.19. The molecule has 1 aromatic heterocycles. The molecule has 0 unspecified atom stereocenters. The molecule has 0 radical (unpaired) electrons. The summed E-state index contributed by atoms with van der Waals surface area (Å²) in [6.07, 6.45) is 7.51. The minimum atomic E-state index is -0.0989. The van der Waals surface area contributed by atoms with Crippen LogP contribution < -0.4 is 20.4 Å². The second-order valence-electron chi connectivity index (χ2n) is 9.31. The van der Waals surface area contributed by atoms with E-state index in [0.29, 0.717) is 11.1 Å². The smallest absolute Gasteiger partial charge is 0.232 e. The maximum absolute atomic E-state index is 5.49. The molecule has 2 fully saturated rings. The molecule has 0 amide bonds. The average molecular weight is 405 g/mol. The summed E-state index contributed by atoms with van der Waals surface area (Å²) < 4.78 is 0. The van der Waals surface area contributed by atoms with Crippen LogP contribution in [-0.4, -0.2) is 46.8 Å². The Morgan fingerprint density at radius 3 is 2.04 bits per heavy atom. The van der Waals surface area contributed by atoms with Gasteiger partial charge in [-0.05, 0) is 64.6 Å². The first-order chi connectivity index (χ1) is 13.3. The van der Waals surface area contributed by atoms with Crippen LogP contribution >= 0.6 is 12.2 Å². The van der Waals surface area contributed by atoms with E-state index in [4.69, 9.17) is 22.2 Å². The second kappa shape index (κ2) is 9.25. The minimum Gasteiger partial charge on any atom is -0.358 e. The van der Waals surface area contributed by atoms with Crippen LogP contribution in [0, 0.1) is 5.92 Å². The Morgan fingerprint density at radius 1 is 0.964 bits per heavy atom. The molecule has 2 saturated heterocycles. The molecule has 3 rings (SSSR count). The van der Waals surface area contributed by atoms with E-state index < -0.39 is 0 Å². The van der Waals surface area contributed by atoms with E-state index in [1.54, 1.807) is 0 Å². The maximum atomic E-state index is 5.49. The highest BCUT2D eigenvalue weighted by atomic mass is 32.1. The van der Waals surface area contributed by atoms with Gasteiger partial charge in [-0.2, -0.15) is 9.97 Å². The van der Waals surface area contributed by atoms with Gasteiger partial charge in [0.1, 0.15) is 11.6 Å². The van der Waals surface area contributed by atoms with Crippen molar-refractivity contribution in [2.75, 3.05) is 41.3 Å². The normalized spacial score (nSPS) is 19.3. The molecule has 0 aromatic carbocycles. The highest BCUT2D eigenvalue weighted by Gasteiger charge is 2.21. The summed E-state index contributed by atoms with van der Waals surface area (Å²) in [5.74, 6) is 3.43. The number of nitrogens with one attached hydrogen (secondary N) is 2. The molecule has 0 spiro atoms. The Bertz CT molecular complexity index is 655. The lowest BCUT2D eigenvalue weighted by molar-refractivity contribution is 0.436. The Balaban J connectivity index is 1.83. The predicted molar refractivity (Wildman–Crippen MR) is 122 cm³/mol. The van der Waals surface area contributed by atoms with Crippen LogP contribution in [0.25, 0.3) is 0 Å². The van der Waals surface area contributed by atoms with E-state index in [9.17, 15) is 0 Å². The van der Waals surface area contributed by atoms with Gasteiger partial charge in [0, 0.05) is 37.8 Å². The van der Waals surface area contributed by atoms with Gasteiger partial charge in [0.2, 0.25) is 5.95 Å². The van der Waals surface area contributed by atoms with E-state index in [1.807, 2.05) is 0 Å². The summed E-state index contributed by atoms with van der Waals surface area (Å²) >= 11 is 5.49. The largest absolute Gasteiger partial charge is 0.358 e. The number of hydrogen-bond acceptors (Lipinski definition) is 5. The van der Waals surface area contributed by atoms with Crippen LogP contribution in [0.5, 0.6) is 0 Å². The average Bonchev–Trinajstić information content (AvgIpc) is 2.90. The minimum absolute atomic E-state index is 0.0989. The van der Waals surface area contributed by atoms with Crippen LogP contribution in [0.15, 0.2) is 6.07 Å². The van der Waals surface area contributed by atoms with Gasteiger partial charge in [0.05, 0.1) is 0 Å². The summed E-state index contributed by atoms with van der Waals surface area (Å²) in [6, 6.07) is 2.17. The highest BCUT2D eigenvalue weighted by Crippen LogP contribution is 2.27. The molecule has 6 nitrogen and oxygen atoms in total. The summed E-state index contributed by atoms with van der Waals surface area (Å²) in [5, 5.41) is 7.09. The predicted octanol–water partition coefficient (Wildman–Crippen LogP) is 4.18. The number of piperidine rings is 1. The third-order valence-corrected chi connectivity index (χ3v) is 5.65. The third-order valence-electron chi connectivity index (χ3n) is 5.45. The molecule has 156 valence electrons. The van der Waals surface area contributed by atoms with Crippen molar-refractivity contribution < 1.29 is 0 Å². The number of aromatic nitrogens is 2. The van der Waals surface area contributed by atoms with Crippen LogP contribution in [0.2, 0.25) is 0 Å². The first kappa shape index (κ1) is 21.1. The molecular formula is C21H36N6S. The lowest BCUT2D eigenvalue weighted by atomic mass is 9.99. The Morgan fingerprint density at radius 2 is 1.50 bits per heavy atom. The van der Waals surface area contributed by atoms with Crippen molar-refractivity contribution >= 4 is 34.9 Å². The van der Waals surface area contributed by atoms with Crippen molar-refractivity contribution in [1.82, 2.24) is 15.3 Å². The zero-order valence-corrected chi connectivity index (χ0v) is 18.7. The van der Waals surface area contributed by atoms with Crippen LogP contribution in [0.4, 0.5) is 17.6 Å². The number of rotatable bonds is 3. The van der Waals surface area contributed by atoms with Gasteiger partial charge in [-0.15, -0.1) is 0 Å². The summed E-state index contributed by atoms with van der Waals surface area (Å²) in [4.78, 5) is 14.5. The Hall–Kier alpha value is -1.63. The second-order valence-corrected chi connectivity index (χ2v) is 9.72. The van der Waals surface area contributed by atoms with Crippen molar-refractivity contribution in [3.8, 4) is 0 Å². The number of nitrogens with zero attached hydrogens (tertiary/aromatic N) is 4. The van der Waals surface area contributed by atoms with E-state index >= 15 is 0 Å². The summed E-state index contributed by atoms with van der Waals surface area (Å²) in [7, 11) is 0. The first-order valence-electron chi connectivity index (χ1n) is 10.8. The van der Waals surface area contributed by atoms with Crippen LogP contribution in [-0.2, 0) is 0 Å². The lowest BCUT2D eigenvalue weighted by Gasteiger charge is -2.32. The summed E-state index contributed by atoms with van der Waals surface area (Å²) in [6.45, 7) is 12.9. The quantitative estimate of drug-likeness (QED) is 0.733. The molecule has 2 aliphatic heterocycles. The van der Waals surface area contributed by atoms with Gasteiger partial charge in [0.15, 0.2) is 5.11 Å². The van der Waals surface area contributed by atoms with Gasteiger partial charge in [-0.1, -0.05) is 19.8 Å². The van der Waals surface area contributed by atoms with Crippen molar-refractivity contribution in [2.24, 2.45) is 5.92 Å². The van der Waals surface area contributed by atoms with Gasteiger partial charge in [-0.3, -0.25) is 0 Å². The van der Waals surface area contributed by atoms with E-state index in [-0.39, 0.29) is 5.54 Å². The van der Waals surface area contributed by atoms with E-state index in [2.05, 4.69) is 54.2 Å². The van der Waals surface area contributed by atoms with Gasteiger partial charge in [-0.25, -0.2) is 0 Å². The molecule has 0 atom stereocenters. The van der Waals surface area contributed by atoms with Crippen molar-refractivity contribution in [3.63, 3.8) is 0 Å². The molecular weight excluding hydrogens is 368 g/mol. The highest BCUT2D eigenvalue weighted by molar-refractivity contribution is 7.80. The standard InChI is InChI=1S/C21H36N6S/c1-16-9-13-27(14-10-16)18-15-17(26-11-7-5-6-8-12-26)22-19(23-18)24-20(28)25-21(2,3)4/h15-16H,5-14H2,1-4H3,(H2,22,23,24,25,28). The molecule has 7 heteroatoms. The topological polar surface area (TPSA) is 56.3 Å².